The number of hydrogen-bond donors (Lipinski definition) is 0. The first kappa shape index (κ1) is 28.1. The van der Waals surface area contributed by atoms with Gasteiger partial charge in [0.1, 0.15) is 17.6 Å². The first-order valence-corrected chi connectivity index (χ1v) is 16.4. The van der Waals surface area contributed by atoms with E-state index in [0.29, 0.717) is 6.61 Å². The maximum atomic E-state index is 6.40. The molecule has 2 rings (SSSR count). The summed E-state index contributed by atoms with van der Waals surface area (Å²) < 4.78 is 26.1. The third-order valence-electron chi connectivity index (χ3n) is 6.68. The van der Waals surface area contributed by atoms with E-state index in [0.717, 1.165) is 50.2 Å². The van der Waals surface area contributed by atoms with Gasteiger partial charge in [-0.3, -0.25) is 0 Å². The number of allylic oxidation sites excluding steroid dienone is 1. The molecule has 0 aromatic carbocycles. The summed E-state index contributed by atoms with van der Waals surface area (Å²) in [6.07, 6.45) is 11.8. The molecule has 0 amide bonds. The van der Waals surface area contributed by atoms with Gasteiger partial charge in [0.25, 0.3) is 0 Å². The molecule has 2 unspecified atom stereocenters. The molecule has 0 bridgehead atoms. The summed E-state index contributed by atoms with van der Waals surface area (Å²) in [5.41, 5.74) is 0. The van der Waals surface area contributed by atoms with Crippen LogP contribution in [0.1, 0.15) is 96.7 Å². The number of hydrogen-bond acceptors (Lipinski definition) is 4. The molecule has 1 saturated heterocycles. The number of unbranched alkanes of at least 4 members (excludes halogenated alkanes) is 2. The van der Waals surface area contributed by atoms with Gasteiger partial charge in [-0.25, -0.2) is 0 Å². The number of rotatable bonds is 13. The molecular weight excluding hydrogens is 531 g/mol. The van der Waals surface area contributed by atoms with E-state index in [4.69, 9.17) is 18.3 Å². The summed E-state index contributed by atoms with van der Waals surface area (Å²) >= 11 is 2.44. The Morgan fingerprint density at radius 2 is 2.03 bits per heavy atom. The smallest absolute Gasteiger partial charge is 0.192 e. The minimum atomic E-state index is -1.71. The Kier molecular flexibility index (Phi) is 12.0. The molecule has 0 N–H and O–H groups in total. The highest BCUT2D eigenvalue weighted by atomic mass is 127. The molecule has 0 aliphatic carbocycles. The van der Waals surface area contributed by atoms with Crippen molar-refractivity contribution in [2.45, 2.75) is 116 Å². The lowest BCUT2D eigenvalue weighted by Crippen LogP contribution is -2.40. The zero-order valence-corrected chi connectivity index (χ0v) is 24.3. The third-order valence-corrected chi connectivity index (χ3v) is 12.2. The average Bonchev–Trinajstić information content (AvgIpc) is 3.20. The van der Waals surface area contributed by atoms with E-state index in [9.17, 15) is 0 Å². The molecule has 2 atom stereocenters. The van der Waals surface area contributed by atoms with Crippen LogP contribution in [0.4, 0.5) is 0 Å². The van der Waals surface area contributed by atoms with Crippen LogP contribution in [0.25, 0.3) is 0 Å². The van der Waals surface area contributed by atoms with Gasteiger partial charge in [0.15, 0.2) is 14.6 Å². The monoisotopic (exact) mass is 576 g/mol. The van der Waals surface area contributed by atoms with E-state index in [1.807, 2.05) is 0 Å². The summed E-state index contributed by atoms with van der Waals surface area (Å²) in [5.74, 6) is 2.01. The molecule has 32 heavy (non-hydrogen) atoms. The maximum Gasteiger partial charge on any atom is 0.192 e. The standard InChI is InChI=1S/C26H45IO4Si/c1-7-8-9-12-22-15-17-23(30-22)24(31-25-13-10-11-19-28-25)16-14-21(27)18-20-29-32(5,6)26(2,3)4/h15,17-18,24-25H,7-14,16,19-20H2,1-6H3/b21-18-. The largest absolute Gasteiger partial charge is 0.463 e. The molecule has 1 aliphatic heterocycles. The lowest BCUT2D eigenvalue weighted by atomic mass is 10.1. The van der Waals surface area contributed by atoms with Crippen LogP contribution < -0.4 is 0 Å². The van der Waals surface area contributed by atoms with Crippen molar-refractivity contribution in [2.75, 3.05) is 13.2 Å². The van der Waals surface area contributed by atoms with E-state index >= 15 is 0 Å². The van der Waals surface area contributed by atoms with Gasteiger partial charge in [-0.15, -0.1) is 0 Å². The van der Waals surface area contributed by atoms with Crippen molar-refractivity contribution < 1.29 is 18.3 Å². The molecule has 1 aliphatic rings. The highest BCUT2D eigenvalue weighted by molar-refractivity contribution is 14.1. The summed E-state index contributed by atoms with van der Waals surface area (Å²) in [5, 5.41) is 0.235. The van der Waals surface area contributed by atoms with Crippen LogP contribution in [0.2, 0.25) is 18.1 Å². The number of furan rings is 1. The molecule has 0 radical (unpaired) electrons. The second kappa shape index (κ2) is 13.7. The predicted molar refractivity (Wildman–Crippen MR) is 144 cm³/mol. The highest BCUT2D eigenvalue weighted by Crippen LogP contribution is 2.37. The van der Waals surface area contributed by atoms with Crippen molar-refractivity contribution in [3.63, 3.8) is 0 Å². The Hall–Kier alpha value is -0.153. The van der Waals surface area contributed by atoms with Gasteiger partial charge in [-0.1, -0.05) is 46.6 Å². The minimum absolute atomic E-state index is 0.0718. The van der Waals surface area contributed by atoms with E-state index in [2.05, 4.69) is 81.6 Å². The minimum Gasteiger partial charge on any atom is -0.463 e. The molecule has 0 spiro atoms. The first-order valence-electron chi connectivity index (χ1n) is 12.5. The van der Waals surface area contributed by atoms with Crippen LogP contribution in [0, 0.1) is 0 Å². The van der Waals surface area contributed by atoms with Gasteiger partial charge in [0.05, 0.1) is 6.61 Å². The zero-order valence-electron chi connectivity index (χ0n) is 21.2. The van der Waals surface area contributed by atoms with E-state index < -0.39 is 8.32 Å². The average molecular weight is 577 g/mol. The van der Waals surface area contributed by atoms with Crippen molar-refractivity contribution in [3.05, 3.63) is 33.3 Å². The fraction of sp³-hybridized carbons (Fsp3) is 0.769. The Morgan fingerprint density at radius 3 is 2.69 bits per heavy atom. The summed E-state index contributed by atoms with van der Waals surface area (Å²) in [6, 6.07) is 4.23. The fourth-order valence-corrected chi connectivity index (χ4v) is 4.88. The van der Waals surface area contributed by atoms with Crippen molar-refractivity contribution in [2.24, 2.45) is 0 Å². The second-order valence-electron chi connectivity index (χ2n) is 10.4. The Balaban J connectivity index is 1.95. The molecule has 1 aromatic rings. The van der Waals surface area contributed by atoms with E-state index in [-0.39, 0.29) is 17.4 Å². The first-order chi connectivity index (χ1) is 15.1. The molecule has 4 nitrogen and oxygen atoms in total. The Bertz CT molecular complexity index is 686. The van der Waals surface area contributed by atoms with E-state index in [1.165, 1.54) is 29.3 Å². The van der Waals surface area contributed by atoms with Crippen molar-refractivity contribution >= 4 is 30.9 Å². The lowest BCUT2D eigenvalue weighted by Gasteiger charge is -2.35. The third kappa shape index (κ3) is 9.61. The topological polar surface area (TPSA) is 40.8 Å². The SMILES string of the molecule is CCCCCc1ccc(C(CC/C(I)=C/CO[Si](C)(C)C(C)(C)C)OC2CCCCO2)o1. The van der Waals surface area contributed by atoms with Crippen LogP contribution in [0.15, 0.2) is 26.2 Å². The molecule has 2 heterocycles. The van der Waals surface area contributed by atoms with E-state index in [1.54, 1.807) is 0 Å². The highest BCUT2D eigenvalue weighted by Gasteiger charge is 2.36. The zero-order chi connectivity index (χ0) is 23.6. The Labute approximate surface area is 211 Å². The molecule has 1 fully saturated rings. The van der Waals surface area contributed by atoms with Crippen LogP contribution in [0.5, 0.6) is 0 Å². The lowest BCUT2D eigenvalue weighted by molar-refractivity contribution is -0.194. The van der Waals surface area contributed by atoms with Gasteiger partial charge in [0.2, 0.25) is 0 Å². The molecule has 1 aromatic heterocycles. The van der Waals surface area contributed by atoms with Crippen molar-refractivity contribution in [1.82, 2.24) is 0 Å². The molecule has 0 saturated carbocycles. The van der Waals surface area contributed by atoms with Gasteiger partial charge in [-0.2, -0.15) is 0 Å². The molecule has 184 valence electrons. The quantitative estimate of drug-likeness (QED) is 0.134. The molecule has 6 heteroatoms. The van der Waals surface area contributed by atoms with Crippen molar-refractivity contribution in [3.8, 4) is 0 Å². The number of halogens is 1. The number of ether oxygens (including phenoxy) is 2. The van der Waals surface area contributed by atoms with Gasteiger partial charge < -0.3 is 18.3 Å². The fourth-order valence-electron chi connectivity index (χ4n) is 3.46. The second-order valence-corrected chi connectivity index (χ2v) is 16.6. The summed E-state index contributed by atoms with van der Waals surface area (Å²) in [4.78, 5) is 0. The maximum absolute atomic E-state index is 6.40. The van der Waals surface area contributed by atoms with Crippen LogP contribution in [-0.2, 0) is 20.3 Å². The predicted octanol–water partition coefficient (Wildman–Crippen LogP) is 8.72. The van der Waals surface area contributed by atoms with Crippen LogP contribution in [-0.4, -0.2) is 27.8 Å². The van der Waals surface area contributed by atoms with Crippen LogP contribution >= 0.6 is 22.6 Å². The van der Waals surface area contributed by atoms with Gasteiger partial charge >= 0.3 is 0 Å². The van der Waals surface area contributed by atoms with Crippen LogP contribution in [0.3, 0.4) is 0 Å². The van der Waals surface area contributed by atoms with Gasteiger partial charge in [0, 0.05) is 13.0 Å². The van der Waals surface area contributed by atoms with Gasteiger partial charge in [-0.05, 0) is 95.0 Å². The normalized spacial score (nSPS) is 19.3. The van der Waals surface area contributed by atoms with Crippen molar-refractivity contribution in [1.29, 1.82) is 0 Å². The summed E-state index contributed by atoms with van der Waals surface area (Å²) in [6.45, 7) is 15.2. The summed E-state index contributed by atoms with van der Waals surface area (Å²) in [7, 11) is -1.71. The Morgan fingerprint density at radius 1 is 1.25 bits per heavy atom. The molecular formula is C26H45IO4Si. The number of aryl methyl sites for hydroxylation is 1.